The van der Waals surface area contributed by atoms with E-state index in [0.29, 0.717) is 18.8 Å². The van der Waals surface area contributed by atoms with Gasteiger partial charge in [0.25, 0.3) is 0 Å². The third-order valence-electron chi connectivity index (χ3n) is 6.27. The van der Waals surface area contributed by atoms with Crippen LogP contribution in [0.3, 0.4) is 0 Å². The van der Waals surface area contributed by atoms with Gasteiger partial charge in [-0.3, -0.25) is 10.1 Å². The van der Waals surface area contributed by atoms with Crippen LogP contribution in [-0.2, 0) is 25.5 Å². The topological polar surface area (TPSA) is 101 Å². The predicted octanol–water partition coefficient (Wildman–Crippen LogP) is 3.45. The van der Waals surface area contributed by atoms with Crippen LogP contribution in [0.1, 0.15) is 56.3 Å². The second-order valence-electron chi connectivity index (χ2n) is 9.05. The number of carbonyl (C=O) groups is 1. The first-order valence-electron chi connectivity index (χ1n) is 12.3. The second kappa shape index (κ2) is 11.1. The van der Waals surface area contributed by atoms with Crippen LogP contribution in [0.4, 0.5) is 0 Å². The molecule has 0 spiro atoms. The van der Waals surface area contributed by atoms with Crippen LogP contribution >= 0.6 is 0 Å². The Morgan fingerprint density at radius 1 is 1.31 bits per heavy atom. The van der Waals surface area contributed by atoms with Gasteiger partial charge < -0.3 is 23.3 Å². The summed E-state index contributed by atoms with van der Waals surface area (Å²) in [5.74, 6) is 7.47. The molecule has 2 aliphatic heterocycles. The first-order valence-corrected chi connectivity index (χ1v) is 12.3. The lowest BCUT2D eigenvalue weighted by Gasteiger charge is -2.33. The van der Waals surface area contributed by atoms with Crippen molar-refractivity contribution >= 4 is 5.97 Å². The fourth-order valence-electron chi connectivity index (χ4n) is 4.29. The summed E-state index contributed by atoms with van der Waals surface area (Å²) in [6.07, 6.45) is 6.25. The molecule has 2 saturated heterocycles. The van der Waals surface area contributed by atoms with Gasteiger partial charge in [-0.05, 0) is 50.5 Å². The summed E-state index contributed by atoms with van der Waals surface area (Å²) in [7, 11) is 0. The molecule has 2 fully saturated rings. The average Bonchev–Trinajstić information content (AvgIpc) is 3.53. The normalized spacial score (nSPS) is 22.2. The molecular formula is C27H30N4O5. The Balaban J connectivity index is 1.19. The molecule has 3 aromatic rings. The van der Waals surface area contributed by atoms with Crippen molar-refractivity contribution in [3.8, 4) is 23.2 Å². The Labute approximate surface area is 210 Å². The average molecular weight is 491 g/mol. The van der Waals surface area contributed by atoms with Gasteiger partial charge in [-0.2, -0.15) is 0 Å². The van der Waals surface area contributed by atoms with Crippen molar-refractivity contribution in [1.29, 1.82) is 0 Å². The number of benzene rings is 1. The van der Waals surface area contributed by atoms with Crippen LogP contribution < -0.4 is 5.32 Å². The van der Waals surface area contributed by atoms with Crippen LogP contribution in [0.15, 0.2) is 47.2 Å². The highest BCUT2D eigenvalue weighted by molar-refractivity contribution is 5.66. The zero-order valence-corrected chi connectivity index (χ0v) is 20.5. The number of nitrogens with one attached hydrogen (secondary N) is 1. The van der Waals surface area contributed by atoms with Crippen LogP contribution in [0, 0.1) is 11.8 Å². The molecule has 4 heterocycles. The zero-order chi connectivity index (χ0) is 24.9. The van der Waals surface area contributed by atoms with E-state index < -0.39 is 0 Å². The molecule has 0 aliphatic carbocycles. The Hall–Kier alpha value is -3.45. The molecular weight excluding hydrogens is 460 g/mol. The van der Waals surface area contributed by atoms with Crippen molar-refractivity contribution in [2.24, 2.45) is 0 Å². The molecule has 1 aromatic carbocycles. The van der Waals surface area contributed by atoms with Gasteiger partial charge in [-0.1, -0.05) is 17.0 Å². The Bertz CT molecular complexity index is 1230. The third-order valence-corrected chi connectivity index (χ3v) is 6.27. The second-order valence-corrected chi connectivity index (χ2v) is 9.05. The minimum atomic E-state index is -0.287. The lowest BCUT2D eigenvalue weighted by molar-refractivity contribution is -0.188. The lowest BCUT2D eigenvalue weighted by Crippen LogP contribution is -2.58. The highest BCUT2D eigenvalue weighted by Crippen LogP contribution is 2.25. The fraction of sp³-hybridized carbons (Fsp3) is 0.444. The first-order chi connectivity index (χ1) is 17.5. The SMILES string of the molecule is CC(=O)OC1CNC1C#Cc1ccc(-c2cc(Cn3ccnc3[C@H](C)OC3CCCCO3)no2)cc1. The smallest absolute Gasteiger partial charge is 0.303 e. The van der Waals surface area contributed by atoms with Gasteiger partial charge in [0.1, 0.15) is 29.8 Å². The summed E-state index contributed by atoms with van der Waals surface area (Å²) in [6.45, 7) is 5.31. The minimum absolute atomic E-state index is 0.137. The van der Waals surface area contributed by atoms with Gasteiger partial charge in [0, 0.05) is 49.7 Å². The number of aromatic nitrogens is 3. The van der Waals surface area contributed by atoms with Crippen molar-refractivity contribution in [2.45, 2.75) is 64.2 Å². The van der Waals surface area contributed by atoms with Gasteiger partial charge in [0.2, 0.25) is 0 Å². The Kier molecular flexibility index (Phi) is 7.47. The van der Waals surface area contributed by atoms with Gasteiger partial charge in [-0.15, -0.1) is 0 Å². The van der Waals surface area contributed by atoms with Crippen molar-refractivity contribution < 1.29 is 23.5 Å². The molecule has 1 N–H and O–H groups in total. The fourth-order valence-corrected chi connectivity index (χ4v) is 4.29. The van der Waals surface area contributed by atoms with E-state index in [1.165, 1.54) is 6.92 Å². The molecule has 3 unspecified atom stereocenters. The Morgan fingerprint density at radius 3 is 2.89 bits per heavy atom. The van der Waals surface area contributed by atoms with Crippen molar-refractivity contribution in [3.05, 3.63) is 59.8 Å². The summed E-state index contributed by atoms with van der Waals surface area (Å²) in [5.41, 5.74) is 2.57. The number of imidazole rings is 1. The third kappa shape index (κ3) is 5.85. The number of ether oxygens (including phenoxy) is 3. The van der Waals surface area contributed by atoms with E-state index in [0.717, 1.165) is 48.5 Å². The summed E-state index contributed by atoms with van der Waals surface area (Å²) >= 11 is 0. The molecule has 36 heavy (non-hydrogen) atoms. The van der Waals surface area contributed by atoms with Crippen molar-refractivity contribution in [2.75, 3.05) is 13.2 Å². The van der Waals surface area contributed by atoms with E-state index in [-0.39, 0.29) is 30.5 Å². The maximum atomic E-state index is 11.1. The van der Waals surface area contributed by atoms with Gasteiger partial charge in [0.05, 0.1) is 6.54 Å². The quantitative estimate of drug-likeness (QED) is 0.397. The van der Waals surface area contributed by atoms with Crippen LogP contribution in [0.2, 0.25) is 0 Å². The number of hydrogen-bond acceptors (Lipinski definition) is 8. The number of hydrogen-bond donors (Lipinski definition) is 1. The lowest BCUT2D eigenvalue weighted by atomic mass is 10.0. The molecule has 188 valence electrons. The molecule has 4 atom stereocenters. The summed E-state index contributed by atoms with van der Waals surface area (Å²) in [4.78, 5) is 15.6. The van der Waals surface area contributed by atoms with E-state index in [1.54, 1.807) is 6.20 Å². The highest BCUT2D eigenvalue weighted by atomic mass is 16.7. The Morgan fingerprint density at radius 2 is 2.17 bits per heavy atom. The van der Waals surface area contributed by atoms with Gasteiger partial charge >= 0.3 is 5.97 Å². The summed E-state index contributed by atoms with van der Waals surface area (Å²) in [5, 5.41) is 7.41. The van der Waals surface area contributed by atoms with Crippen LogP contribution in [0.5, 0.6) is 0 Å². The van der Waals surface area contributed by atoms with Gasteiger partial charge in [-0.25, -0.2) is 4.98 Å². The molecule has 9 nitrogen and oxygen atoms in total. The molecule has 2 aliphatic rings. The monoisotopic (exact) mass is 490 g/mol. The van der Waals surface area contributed by atoms with Crippen molar-refractivity contribution in [3.63, 3.8) is 0 Å². The number of rotatable bonds is 7. The van der Waals surface area contributed by atoms with E-state index in [1.807, 2.05) is 48.0 Å². The maximum Gasteiger partial charge on any atom is 0.303 e. The summed E-state index contributed by atoms with van der Waals surface area (Å²) < 4.78 is 24.6. The van der Waals surface area contributed by atoms with E-state index >= 15 is 0 Å². The molecule has 0 saturated carbocycles. The van der Waals surface area contributed by atoms with Crippen LogP contribution in [0.25, 0.3) is 11.3 Å². The highest BCUT2D eigenvalue weighted by Gasteiger charge is 2.31. The standard InChI is InChI=1S/C27H30N4O5/c1-18(34-26-5-3-4-14-33-26)27-28-12-13-31(27)17-22-15-24(36-30-22)21-9-6-20(7-10-21)8-11-23-25(16-29-23)35-19(2)32/h6-7,9-10,12-13,15,18,23,25-26,29H,3-5,14,16-17H2,1-2H3/t18-,23?,25?,26?/m0/s1. The molecule has 0 bridgehead atoms. The van der Waals surface area contributed by atoms with E-state index in [2.05, 4.69) is 27.3 Å². The van der Waals surface area contributed by atoms with Crippen molar-refractivity contribution in [1.82, 2.24) is 20.0 Å². The van der Waals surface area contributed by atoms with Crippen LogP contribution in [-0.4, -0.2) is 52.3 Å². The molecule has 0 amide bonds. The minimum Gasteiger partial charge on any atom is -0.458 e. The predicted molar refractivity (Wildman–Crippen MR) is 131 cm³/mol. The molecule has 0 radical (unpaired) electrons. The molecule has 5 rings (SSSR count). The van der Waals surface area contributed by atoms with E-state index in [4.69, 9.17) is 18.7 Å². The number of carbonyl (C=O) groups excluding carboxylic acids is 1. The zero-order valence-electron chi connectivity index (χ0n) is 20.5. The number of esters is 1. The number of nitrogens with zero attached hydrogens (tertiary/aromatic N) is 3. The molecule has 9 heteroatoms. The maximum absolute atomic E-state index is 11.1. The summed E-state index contributed by atoms with van der Waals surface area (Å²) in [6, 6.07) is 9.57. The van der Waals surface area contributed by atoms with Gasteiger partial charge in [0.15, 0.2) is 12.1 Å². The van der Waals surface area contributed by atoms with E-state index in [9.17, 15) is 4.79 Å². The largest absolute Gasteiger partial charge is 0.458 e. The first kappa shape index (κ1) is 24.3. The molecule has 2 aromatic heterocycles.